The van der Waals surface area contributed by atoms with E-state index in [2.05, 4.69) is 25.9 Å². The standard InChI is InChI=1S/C14H13BrN4O2/c1-18(14-16-5-2-6-17-14)12(20)11-7-9(15)8-19(13(11)21)10-3-4-10/h2,5-8,10H,3-4H2,1H3. The molecule has 2 heterocycles. The van der Waals surface area contributed by atoms with Crippen LogP contribution in [0.5, 0.6) is 0 Å². The SMILES string of the molecule is CN(C(=O)c1cc(Br)cn(C2CC2)c1=O)c1ncccn1. The highest BCUT2D eigenvalue weighted by Crippen LogP contribution is 2.34. The van der Waals surface area contributed by atoms with Crippen molar-refractivity contribution >= 4 is 27.8 Å². The summed E-state index contributed by atoms with van der Waals surface area (Å²) in [6.07, 6.45) is 6.78. The van der Waals surface area contributed by atoms with Crippen molar-refractivity contribution in [3.63, 3.8) is 0 Å². The van der Waals surface area contributed by atoms with Crippen molar-refractivity contribution in [2.24, 2.45) is 0 Å². The fraction of sp³-hybridized carbons (Fsp3) is 0.286. The van der Waals surface area contributed by atoms with Gasteiger partial charge in [-0.3, -0.25) is 14.5 Å². The topological polar surface area (TPSA) is 68.1 Å². The second-order valence-electron chi connectivity index (χ2n) is 4.93. The van der Waals surface area contributed by atoms with Crippen molar-refractivity contribution in [3.8, 4) is 0 Å². The van der Waals surface area contributed by atoms with Gasteiger partial charge < -0.3 is 4.57 Å². The van der Waals surface area contributed by atoms with E-state index in [0.29, 0.717) is 4.47 Å². The summed E-state index contributed by atoms with van der Waals surface area (Å²) in [4.78, 5) is 34.3. The number of carbonyl (C=O) groups excluding carboxylic acids is 1. The molecule has 2 aromatic heterocycles. The van der Waals surface area contributed by atoms with E-state index in [9.17, 15) is 9.59 Å². The van der Waals surface area contributed by atoms with Crippen LogP contribution in [0.1, 0.15) is 29.2 Å². The van der Waals surface area contributed by atoms with Gasteiger partial charge in [0.1, 0.15) is 5.56 Å². The van der Waals surface area contributed by atoms with Crippen molar-refractivity contribution in [2.75, 3.05) is 11.9 Å². The van der Waals surface area contributed by atoms with Gasteiger partial charge in [0.2, 0.25) is 5.95 Å². The molecule has 0 spiro atoms. The summed E-state index contributed by atoms with van der Waals surface area (Å²) in [7, 11) is 1.56. The van der Waals surface area contributed by atoms with Crippen LogP contribution < -0.4 is 10.5 Å². The predicted molar refractivity (Wildman–Crippen MR) is 81.4 cm³/mol. The highest BCUT2D eigenvalue weighted by Gasteiger charge is 2.28. The van der Waals surface area contributed by atoms with Crippen LogP contribution in [-0.2, 0) is 0 Å². The van der Waals surface area contributed by atoms with Gasteiger partial charge in [-0.2, -0.15) is 0 Å². The molecule has 1 fully saturated rings. The maximum Gasteiger partial charge on any atom is 0.266 e. The first-order valence-corrected chi connectivity index (χ1v) is 7.34. The van der Waals surface area contributed by atoms with E-state index < -0.39 is 5.91 Å². The Bertz CT molecular complexity index is 740. The van der Waals surface area contributed by atoms with Crippen LogP contribution in [-0.4, -0.2) is 27.5 Å². The minimum absolute atomic E-state index is 0.117. The van der Waals surface area contributed by atoms with E-state index in [4.69, 9.17) is 0 Å². The summed E-state index contributed by atoms with van der Waals surface area (Å²) in [6, 6.07) is 3.42. The zero-order chi connectivity index (χ0) is 15.0. The van der Waals surface area contributed by atoms with Gasteiger partial charge >= 0.3 is 0 Å². The van der Waals surface area contributed by atoms with Gasteiger partial charge in [-0.15, -0.1) is 0 Å². The molecular formula is C14H13BrN4O2. The summed E-state index contributed by atoms with van der Waals surface area (Å²) >= 11 is 3.36. The molecular weight excluding hydrogens is 336 g/mol. The molecule has 0 saturated heterocycles. The monoisotopic (exact) mass is 348 g/mol. The molecule has 0 N–H and O–H groups in total. The minimum atomic E-state index is -0.415. The molecule has 2 aromatic rings. The molecule has 6 nitrogen and oxygen atoms in total. The Balaban J connectivity index is 2.00. The normalized spacial score (nSPS) is 14.0. The van der Waals surface area contributed by atoms with Crippen molar-refractivity contribution < 1.29 is 4.79 Å². The van der Waals surface area contributed by atoms with Crippen molar-refractivity contribution in [2.45, 2.75) is 18.9 Å². The summed E-state index contributed by atoms with van der Waals surface area (Å²) < 4.78 is 2.33. The molecule has 1 aliphatic carbocycles. The Kier molecular flexibility index (Phi) is 3.59. The van der Waals surface area contributed by atoms with Gasteiger partial charge in [0.05, 0.1) is 0 Å². The third-order valence-corrected chi connectivity index (χ3v) is 3.77. The lowest BCUT2D eigenvalue weighted by Gasteiger charge is -2.15. The Morgan fingerprint density at radius 1 is 1.38 bits per heavy atom. The predicted octanol–water partition coefficient (Wildman–Crippen LogP) is 2.01. The van der Waals surface area contributed by atoms with Crippen LogP contribution in [0, 0.1) is 0 Å². The van der Waals surface area contributed by atoms with Gasteiger partial charge in [-0.05, 0) is 40.9 Å². The second-order valence-corrected chi connectivity index (χ2v) is 5.84. The van der Waals surface area contributed by atoms with Gasteiger partial charge in [-0.25, -0.2) is 9.97 Å². The van der Waals surface area contributed by atoms with E-state index in [-0.39, 0.29) is 23.1 Å². The molecule has 0 radical (unpaired) electrons. The lowest BCUT2D eigenvalue weighted by Crippen LogP contribution is -2.35. The van der Waals surface area contributed by atoms with Crippen LogP contribution in [0.25, 0.3) is 0 Å². The van der Waals surface area contributed by atoms with Gasteiger partial charge in [0, 0.05) is 36.2 Å². The Hall–Kier alpha value is -2.02. The first kappa shape index (κ1) is 13.9. The fourth-order valence-electron chi connectivity index (χ4n) is 2.08. The third-order valence-electron chi connectivity index (χ3n) is 3.34. The molecule has 0 bridgehead atoms. The van der Waals surface area contributed by atoms with Crippen molar-refractivity contribution in [1.29, 1.82) is 0 Å². The lowest BCUT2D eigenvalue weighted by molar-refractivity contribution is 0.0989. The second kappa shape index (κ2) is 5.40. The van der Waals surface area contributed by atoms with E-state index in [0.717, 1.165) is 12.8 Å². The van der Waals surface area contributed by atoms with E-state index in [1.165, 1.54) is 4.90 Å². The first-order chi connectivity index (χ1) is 10.1. The summed E-state index contributed by atoms with van der Waals surface area (Å²) in [5.41, 5.74) is -0.153. The molecule has 7 heteroatoms. The quantitative estimate of drug-likeness (QED) is 0.850. The van der Waals surface area contributed by atoms with Crippen molar-refractivity contribution in [1.82, 2.24) is 14.5 Å². The Morgan fingerprint density at radius 3 is 2.67 bits per heavy atom. The number of nitrogens with zero attached hydrogens (tertiary/aromatic N) is 4. The average molecular weight is 349 g/mol. The van der Waals surface area contributed by atoms with E-state index >= 15 is 0 Å². The largest absolute Gasteiger partial charge is 0.311 e. The smallest absolute Gasteiger partial charge is 0.266 e. The molecule has 0 aromatic carbocycles. The van der Waals surface area contributed by atoms with Crippen LogP contribution in [0.3, 0.4) is 0 Å². The van der Waals surface area contributed by atoms with Gasteiger partial charge in [-0.1, -0.05) is 0 Å². The highest BCUT2D eigenvalue weighted by molar-refractivity contribution is 9.10. The zero-order valence-electron chi connectivity index (χ0n) is 11.4. The molecule has 1 amide bonds. The molecule has 1 saturated carbocycles. The molecule has 108 valence electrons. The molecule has 3 rings (SSSR count). The first-order valence-electron chi connectivity index (χ1n) is 6.54. The Morgan fingerprint density at radius 2 is 2.05 bits per heavy atom. The minimum Gasteiger partial charge on any atom is -0.311 e. The number of rotatable bonds is 3. The van der Waals surface area contributed by atoms with E-state index in [1.54, 1.807) is 42.3 Å². The molecule has 0 aliphatic heterocycles. The van der Waals surface area contributed by atoms with Gasteiger partial charge in [0.25, 0.3) is 11.5 Å². The molecule has 1 aliphatic rings. The van der Waals surface area contributed by atoms with Crippen molar-refractivity contribution in [3.05, 3.63) is 51.1 Å². The van der Waals surface area contributed by atoms with Crippen LogP contribution in [0.2, 0.25) is 0 Å². The summed E-state index contributed by atoms with van der Waals surface area (Å²) in [5, 5.41) is 0. The average Bonchev–Trinajstić information content (AvgIpc) is 3.33. The number of pyridine rings is 1. The number of aromatic nitrogens is 3. The summed E-state index contributed by atoms with van der Waals surface area (Å²) in [5.74, 6) is -0.151. The number of amides is 1. The maximum absolute atomic E-state index is 12.5. The zero-order valence-corrected chi connectivity index (χ0v) is 12.9. The molecule has 21 heavy (non-hydrogen) atoms. The molecule has 0 atom stereocenters. The van der Waals surface area contributed by atoms with E-state index in [1.807, 2.05) is 0 Å². The van der Waals surface area contributed by atoms with Crippen LogP contribution >= 0.6 is 15.9 Å². The number of hydrogen-bond acceptors (Lipinski definition) is 4. The highest BCUT2D eigenvalue weighted by atomic mass is 79.9. The molecule has 0 unspecified atom stereocenters. The number of carbonyl (C=O) groups is 1. The van der Waals surface area contributed by atoms with Gasteiger partial charge in [0.15, 0.2) is 0 Å². The lowest BCUT2D eigenvalue weighted by atomic mass is 10.2. The van der Waals surface area contributed by atoms with Crippen LogP contribution in [0.15, 0.2) is 40.0 Å². The maximum atomic E-state index is 12.5. The third kappa shape index (κ3) is 2.73. The Labute approximate surface area is 129 Å². The summed E-state index contributed by atoms with van der Waals surface area (Å²) in [6.45, 7) is 0. The fourth-order valence-corrected chi connectivity index (χ4v) is 2.53. The number of hydrogen-bond donors (Lipinski definition) is 0. The van der Waals surface area contributed by atoms with Crippen LogP contribution in [0.4, 0.5) is 5.95 Å². The number of halogens is 1. The number of anilines is 1.